The van der Waals surface area contributed by atoms with Crippen LogP contribution in [0.4, 0.5) is 8.78 Å². The molecule has 1 saturated heterocycles. The summed E-state index contributed by atoms with van der Waals surface area (Å²) in [4.78, 5) is 14.0. The molecule has 1 aliphatic rings. The van der Waals surface area contributed by atoms with Gasteiger partial charge in [0.25, 0.3) is 5.91 Å². The summed E-state index contributed by atoms with van der Waals surface area (Å²) in [6.45, 7) is 5.06. The Balaban J connectivity index is 1.77. The van der Waals surface area contributed by atoms with Crippen molar-refractivity contribution in [3.8, 4) is 0 Å². The Bertz CT molecular complexity index is 729. The van der Waals surface area contributed by atoms with E-state index in [2.05, 4.69) is 10.2 Å². The minimum atomic E-state index is -0.828. The minimum absolute atomic E-state index is 0.0786. The summed E-state index contributed by atoms with van der Waals surface area (Å²) < 4.78 is 28.7. The standard InChI is InChI=1S/C16H18F2N4O/c1-10(2)15-20-19-9-22(15)12-5-6-21(8-12)16(23)13-4-3-11(17)7-14(13)18/h3-4,7,9-10,12H,5-6,8H2,1-2H3. The summed E-state index contributed by atoms with van der Waals surface area (Å²) in [7, 11) is 0. The van der Waals surface area contributed by atoms with Gasteiger partial charge in [0.15, 0.2) is 0 Å². The van der Waals surface area contributed by atoms with Gasteiger partial charge in [0, 0.05) is 25.1 Å². The van der Waals surface area contributed by atoms with Crippen molar-refractivity contribution in [3.63, 3.8) is 0 Å². The molecule has 122 valence electrons. The third-order valence-corrected chi connectivity index (χ3v) is 4.12. The van der Waals surface area contributed by atoms with Gasteiger partial charge < -0.3 is 9.47 Å². The lowest BCUT2D eigenvalue weighted by Gasteiger charge is -2.19. The average molecular weight is 320 g/mol. The number of aromatic nitrogens is 3. The second-order valence-electron chi connectivity index (χ2n) is 6.07. The number of halogens is 2. The highest BCUT2D eigenvalue weighted by molar-refractivity contribution is 5.94. The smallest absolute Gasteiger partial charge is 0.256 e. The van der Waals surface area contributed by atoms with Crippen LogP contribution in [-0.4, -0.2) is 38.7 Å². The minimum Gasteiger partial charge on any atom is -0.336 e. The Kier molecular flexibility index (Phi) is 4.11. The molecule has 0 bridgehead atoms. The van der Waals surface area contributed by atoms with Gasteiger partial charge in [-0.15, -0.1) is 10.2 Å². The zero-order valence-electron chi connectivity index (χ0n) is 13.0. The molecule has 5 nitrogen and oxygen atoms in total. The average Bonchev–Trinajstić information content (AvgIpc) is 3.15. The molecule has 1 aromatic heterocycles. The molecule has 2 heterocycles. The molecule has 1 aliphatic heterocycles. The Morgan fingerprint density at radius 3 is 2.83 bits per heavy atom. The molecule has 1 atom stereocenters. The van der Waals surface area contributed by atoms with Gasteiger partial charge in [-0.25, -0.2) is 8.78 Å². The first-order chi connectivity index (χ1) is 11.0. The summed E-state index contributed by atoms with van der Waals surface area (Å²) in [5.41, 5.74) is -0.0973. The molecule has 0 N–H and O–H groups in total. The molecule has 2 aromatic rings. The first-order valence-corrected chi connectivity index (χ1v) is 7.61. The fourth-order valence-corrected chi connectivity index (χ4v) is 2.93. The Morgan fingerprint density at radius 2 is 2.13 bits per heavy atom. The van der Waals surface area contributed by atoms with Crippen molar-refractivity contribution in [1.82, 2.24) is 19.7 Å². The predicted octanol–water partition coefficient (Wildman–Crippen LogP) is 2.77. The second-order valence-corrected chi connectivity index (χ2v) is 6.07. The van der Waals surface area contributed by atoms with Crippen molar-refractivity contribution in [2.75, 3.05) is 13.1 Å². The molecule has 0 aliphatic carbocycles. The van der Waals surface area contributed by atoms with Crippen molar-refractivity contribution in [2.45, 2.75) is 32.2 Å². The van der Waals surface area contributed by atoms with Gasteiger partial charge in [-0.3, -0.25) is 4.79 Å². The summed E-state index contributed by atoms with van der Waals surface area (Å²) in [5.74, 6) is -0.826. The lowest BCUT2D eigenvalue weighted by molar-refractivity contribution is 0.0782. The normalized spacial score (nSPS) is 18.0. The molecule has 7 heteroatoms. The maximum absolute atomic E-state index is 13.8. The third-order valence-electron chi connectivity index (χ3n) is 4.12. The molecule has 1 aromatic carbocycles. The summed E-state index contributed by atoms with van der Waals surface area (Å²) in [6.07, 6.45) is 2.43. The van der Waals surface area contributed by atoms with E-state index >= 15 is 0 Å². The van der Waals surface area contributed by atoms with Crippen molar-refractivity contribution in [3.05, 3.63) is 47.5 Å². The zero-order chi connectivity index (χ0) is 16.6. The van der Waals surface area contributed by atoms with Gasteiger partial charge in [0.2, 0.25) is 0 Å². The number of carbonyl (C=O) groups is 1. The molecular formula is C16H18F2N4O. The third kappa shape index (κ3) is 2.95. The molecule has 3 rings (SSSR count). The molecule has 0 spiro atoms. The van der Waals surface area contributed by atoms with Gasteiger partial charge in [0.1, 0.15) is 23.8 Å². The van der Waals surface area contributed by atoms with Crippen molar-refractivity contribution in [1.29, 1.82) is 0 Å². The second kappa shape index (κ2) is 6.06. The molecule has 0 radical (unpaired) electrons. The number of hydrogen-bond acceptors (Lipinski definition) is 3. The van der Waals surface area contributed by atoms with E-state index < -0.39 is 17.5 Å². The van der Waals surface area contributed by atoms with Crippen molar-refractivity contribution < 1.29 is 13.6 Å². The summed E-state index contributed by atoms with van der Waals surface area (Å²) >= 11 is 0. The van der Waals surface area contributed by atoms with E-state index in [0.29, 0.717) is 13.1 Å². The van der Waals surface area contributed by atoms with E-state index in [1.54, 1.807) is 11.2 Å². The maximum atomic E-state index is 13.8. The lowest BCUT2D eigenvalue weighted by atomic mass is 10.1. The van der Waals surface area contributed by atoms with Crippen LogP contribution in [0.3, 0.4) is 0 Å². The van der Waals surface area contributed by atoms with Crippen LogP contribution in [0.5, 0.6) is 0 Å². The fourth-order valence-electron chi connectivity index (χ4n) is 2.93. The Labute approximate surface area is 132 Å². The number of amides is 1. The van der Waals surface area contributed by atoms with Crippen molar-refractivity contribution >= 4 is 5.91 Å². The number of nitrogens with zero attached hydrogens (tertiary/aromatic N) is 4. The largest absolute Gasteiger partial charge is 0.336 e. The van der Waals surface area contributed by atoms with Crippen LogP contribution in [0, 0.1) is 11.6 Å². The summed E-state index contributed by atoms with van der Waals surface area (Å²) in [6, 6.07) is 3.10. The lowest BCUT2D eigenvalue weighted by Crippen LogP contribution is -2.30. The number of hydrogen-bond donors (Lipinski definition) is 0. The van der Waals surface area contributed by atoms with Crippen LogP contribution in [0.1, 0.15) is 48.4 Å². The zero-order valence-corrected chi connectivity index (χ0v) is 13.0. The highest BCUT2D eigenvalue weighted by Gasteiger charge is 2.30. The van der Waals surface area contributed by atoms with Gasteiger partial charge in [-0.05, 0) is 18.6 Å². The summed E-state index contributed by atoms with van der Waals surface area (Å²) in [5, 5.41) is 8.07. The molecule has 0 saturated carbocycles. The Morgan fingerprint density at radius 1 is 1.35 bits per heavy atom. The van der Waals surface area contributed by atoms with Crippen LogP contribution >= 0.6 is 0 Å². The molecular weight excluding hydrogens is 302 g/mol. The first kappa shape index (κ1) is 15.6. The molecule has 1 amide bonds. The number of benzene rings is 1. The van der Waals surface area contributed by atoms with Crippen LogP contribution in [0.15, 0.2) is 24.5 Å². The first-order valence-electron chi connectivity index (χ1n) is 7.61. The quantitative estimate of drug-likeness (QED) is 0.874. The fraction of sp³-hybridized carbons (Fsp3) is 0.438. The molecule has 1 unspecified atom stereocenters. The topological polar surface area (TPSA) is 51.0 Å². The Hall–Kier alpha value is -2.31. The number of carbonyl (C=O) groups excluding carboxylic acids is 1. The van der Waals surface area contributed by atoms with Gasteiger partial charge >= 0.3 is 0 Å². The van der Waals surface area contributed by atoms with Gasteiger partial charge in [-0.2, -0.15) is 0 Å². The number of likely N-dealkylation sites (tertiary alicyclic amines) is 1. The van der Waals surface area contributed by atoms with Gasteiger partial charge in [-0.1, -0.05) is 13.8 Å². The highest BCUT2D eigenvalue weighted by Crippen LogP contribution is 2.26. The SMILES string of the molecule is CC(C)c1nncn1C1CCN(C(=O)c2ccc(F)cc2F)C1. The maximum Gasteiger partial charge on any atom is 0.256 e. The van der Waals surface area contributed by atoms with Crippen LogP contribution < -0.4 is 0 Å². The monoisotopic (exact) mass is 320 g/mol. The number of rotatable bonds is 3. The van der Waals surface area contributed by atoms with E-state index in [1.165, 1.54) is 6.07 Å². The van der Waals surface area contributed by atoms with E-state index in [9.17, 15) is 13.6 Å². The van der Waals surface area contributed by atoms with Crippen LogP contribution in [0.25, 0.3) is 0 Å². The molecule has 1 fully saturated rings. The van der Waals surface area contributed by atoms with E-state index in [-0.39, 0.29) is 17.5 Å². The predicted molar refractivity (Wildman–Crippen MR) is 80.0 cm³/mol. The van der Waals surface area contributed by atoms with E-state index in [1.807, 2.05) is 18.4 Å². The van der Waals surface area contributed by atoms with E-state index in [4.69, 9.17) is 0 Å². The van der Waals surface area contributed by atoms with Gasteiger partial charge in [0.05, 0.1) is 11.6 Å². The highest BCUT2D eigenvalue weighted by atomic mass is 19.1. The van der Waals surface area contributed by atoms with E-state index in [0.717, 1.165) is 24.4 Å². The molecule has 23 heavy (non-hydrogen) atoms. The van der Waals surface area contributed by atoms with Crippen LogP contribution in [0.2, 0.25) is 0 Å². The van der Waals surface area contributed by atoms with Crippen LogP contribution in [-0.2, 0) is 0 Å². The van der Waals surface area contributed by atoms with Crippen molar-refractivity contribution in [2.24, 2.45) is 0 Å².